The maximum Gasteiger partial charge on any atom is 0.0246 e. The first kappa shape index (κ1) is 10.0. The first-order valence-corrected chi connectivity index (χ1v) is 5.21. The van der Waals surface area contributed by atoms with E-state index in [0.29, 0.717) is 6.04 Å². The highest BCUT2D eigenvalue weighted by atomic mass is 15.2. The maximum atomic E-state index is 3.36. The summed E-state index contributed by atoms with van der Waals surface area (Å²) in [6.07, 6.45) is 4.17. The summed E-state index contributed by atoms with van der Waals surface area (Å²) in [5, 5.41) is 3.36. The molecular formula is C10H22N2. The van der Waals surface area contributed by atoms with Crippen molar-refractivity contribution in [3.05, 3.63) is 0 Å². The van der Waals surface area contributed by atoms with Gasteiger partial charge >= 0.3 is 0 Å². The van der Waals surface area contributed by atoms with Crippen molar-refractivity contribution in [2.75, 3.05) is 20.1 Å². The van der Waals surface area contributed by atoms with Crippen molar-refractivity contribution < 1.29 is 0 Å². The van der Waals surface area contributed by atoms with Crippen molar-refractivity contribution >= 4 is 0 Å². The standard InChI is InChI=1S/C10H22N2/c1-4-12-8-6-5-7-10(12)9(2)11-3/h9-11H,4-8H2,1-3H3. The van der Waals surface area contributed by atoms with Gasteiger partial charge in [-0.15, -0.1) is 0 Å². The van der Waals surface area contributed by atoms with Crippen LogP contribution in [-0.4, -0.2) is 37.1 Å². The van der Waals surface area contributed by atoms with Crippen LogP contribution in [0.15, 0.2) is 0 Å². The quantitative estimate of drug-likeness (QED) is 0.690. The molecule has 2 atom stereocenters. The molecule has 0 bridgehead atoms. The molecule has 12 heavy (non-hydrogen) atoms. The summed E-state index contributed by atoms with van der Waals surface area (Å²) < 4.78 is 0. The second-order valence-electron chi connectivity index (χ2n) is 3.77. The van der Waals surface area contributed by atoms with Crippen LogP contribution in [0.3, 0.4) is 0 Å². The summed E-state index contributed by atoms with van der Waals surface area (Å²) in [6.45, 7) is 7.06. The van der Waals surface area contributed by atoms with Gasteiger partial charge in [0.15, 0.2) is 0 Å². The molecule has 2 heteroatoms. The zero-order valence-electron chi connectivity index (χ0n) is 8.64. The number of hydrogen-bond donors (Lipinski definition) is 1. The van der Waals surface area contributed by atoms with Crippen LogP contribution < -0.4 is 5.32 Å². The van der Waals surface area contributed by atoms with Crippen LogP contribution in [0.4, 0.5) is 0 Å². The molecule has 2 unspecified atom stereocenters. The Morgan fingerprint density at radius 2 is 2.25 bits per heavy atom. The Kier molecular flexibility index (Phi) is 4.02. The molecule has 0 aromatic rings. The van der Waals surface area contributed by atoms with Gasteiger partial charge in [0.2, 0.25) is 0 Å². The molecule has 72 valence electrons. The predicted octanol–water partition coefficient (Wildman–Crippen LogP) is 1.47. The first-order valence-electron chi connectivity index (χ1n) is 5.21. The normalized spacial score (nSPS) is 28.8. The van der Waals surface area contributed by atoms with E-state index in [2.05, 4.69) is 31.1 Å². The SMILES string of the molecule is CCN1CCCCC1C(C)NC. The van der Waals surface area contributed by atoms with Crippen molar-refractivity contribution in [3.63, 3.8) is 0 Å². The average molecular weight is 170 g/mol. The van der Waals surface area contributed by atoms with Crippen molar-refractivity contribution in [3.8, 4) is 0 Å². The van der Waals surface area contributed by atoms with Gasteiger partial charge in [-0.05, 0) is 39.9 Å². The molecule has 1 saturated heterocycles. The third kappa shape index (κ3) is 2.20. The lowest BCUT2D eigenvalue weighted by molar-refractivity contribution is 0.129. The molecule has 1 aliphatic rings. The van der Waals surface area contributed by atoms with Gasteiger partial charge in [-0.1, -0.05) is 13.3 Å². The molecule has 1 fully saturated rings. The largest absolute Gasteiger partial charge is 0.316 e. The number of piperidine rings is 1. The molecule has 1 heterocycles. The Balaban J connectivity index is 2.46. The van der Waals surface area contributed by atoms with Crippen LogP contribution in [0.1, 0.15) is 33.1 Å². The Bertz CT molecular complexity index is 125. The van der Waals surface area contributed by atoms with Crippen LogP contribution in [0.2, 0.25) is 0 Å². The lowest BCUT2D eigenvalue weighted by Gasteiger charge is -2.38. The van der Waals surface area contributed by atoms with E-state index in [1.54, 1.807) is 0 Å². The minimum Gasteiger partial charge on any atom is -0.316 e. The van der Waals surface area contributed by atoms with E-state index < -0.39 is 0 Å². The topological polar surface area (TPSA) is 15.3 Å². The van der Waals surface area contributed by atoms with Crippen LogP contribution in [0.25, 0.3) is 0 Å². The molecule has 0 amide bonds. The van der Waals surface area contributed by atoms with E-state index in [0.717, 1.165) is 6.04 Å². The molecule has 1 aliphatic heterocycles. The van der Waals surface area contributed by atoms with Crippen LogP contribution >= 0.6 is 0 Å². The highest BCUT2D eigenvalue weighted by molar-refractivity contribution is 4.83. The highest BCUT2D eigenvalue weighted by Crippen LogP contribution is 2.18. The van der Waals surface area contributed by atoms with Crippen molar-refractivity contribution in [2.24, 2.45) is 0 Å². The molecule has 0 aromatic heterocycles. The summed E-state index contributed by atoms with van der Waals surface area (Å²) in [5.41, 5.74) is 0. The molecule has 0 saturated carbocycles. The second-order valence-corrected chi connectivity index (χ2v) is 3.77. The summed E-state index contributed by atoms with van der Waals surface area (Å²) in [6, 6.07) is 1.42. The van der Waals surface area contributed by atoms with Gasteiger partial charge in [-0.3, -0.25) is 4.90 Å². The Hall–Kier alpha value is -0.0800. The van der Waals surface area contributed by atoms with Crippen LogP contribution in [0, 0.1) is 0 Å². The van der Waals surface area contributed by atoms with E-state index in [1.165, 1.54) is 32.4 Å². The van der Waals surface area contributed by atoms with Crippen molar-refractivity contribution in [1.82, 2.24) is 10.2 Å². The van der Waals surface area contributed by atoms with Gasteiger partial charge < -0.3 is 5.32 Å². The van der Waals surface area contributed by atoms with Gasteiger partial charge in [0.25, 0.3) is 0 Å². The van der Waals surface area contributed by atoms with E-state index in [1.807, 2.05) is 0 Å². The fourth-order valence-electron chi connectivity index (χ4n) is 2.17. The maximum absolute atomic E-state index is 3.36. The predicted molar refractivity (Wildman–Crippen MR) is 53.4 cm³/mol. The second kappa shape index (κ2) is 4.83. The monoisotopic (exact) mass is 170 g/mol. The number of nitrogens with one attached hydrogen (secondary N) is 1. The zero-order chi connectivity index (χ0) is 8.97. The van der Waals surface area contributed by atoms with Gasteiger partial charge in [-0.25, -0.2) is 0 Å². The lowest BCUT2D eigenvalue weighted by Crippen LogP contribution is -2.49. The molecule has 0 aliphatic carbocycles. The minimum absolute atomic E-state index is 0.644. The fraction of sp³-hybridized carbons (Fsp3) is 1.00. The van der Waals surface area contributed by atoms with Gasteiger partial charge in [0.1, 0.15) is 0 Å². The summed E-state index contributed by atoms with van der Waals surface area (Å²) >= 11 is 0. The van der Waals surface area contributed by atoms with Gasteiger partial charge in [0.05, 0.1) is 0 Å². The zero-order valence-corrected chi connectivity index (χ0v) is 8.64. The van der Waals surface area contributed by atoms with Crippen LogP contribution in [-0.2, 0) is 0 Å². The molecule has 2 nitrogen and oxygen atoms in total. The minimum atomic E-state index is 0.644. The van der Waals surface area contributed by atoms with Crippen molar-refractivity contribution in [1.29, 1.82) is 0 Å². The van der Waals surface area contributed by atoms with E-state index >= 15 is 0 Å². The summed E-state index contributed by atoms with van der Waals surface area (Å²) in [7, 11) is 2.06. The fourth-order valence-corrected chi connectivity index (χ4v) is 2.17. The number of rotatable bonds is 3. The lowest BCUT2D eigenvalue weighted by atomic mass is 9.97. The van der Waals surface area contributed by atoms with Gasteiger partial charge in [-0.2, -0.15) is 0 Å². The number of hydrogen-bond acceptors (Lipinski definition) is 2. The molecule has 1 N–H and O–H groups in total. The number of likely N-dealkylation sites (N-methyl/N-ethyl adjacent to an activating group) is 2. The smallest absolute Gasteiger partial charge is 0.0246 e. The third-order valence-electron chi connectivity index (χ3n) is 3.10. The van der Waals surface area contributed by atoms with Gasteiger partial charge in [0, 0.05) is 12.1 Å². The molecule has 0 spiro atoms. The van der Waals surface area contributed by atoms with E-state index in [-0.39, 0.29) is 0 Å². The summed E-state index contributed by atoms with van der Waals surface area (Å²) in [4.78, 5) is 2.60. The highest BCUT2D eigenvalue weighted by Gasteiger charge is 2.24. The summed E-state index contributed by atoms with van der Waals surface area (Å²) in [5.74, 6) is 0. The molecule has 0 radical (unpaired) electrons. The van der Waals surface area contributed by atoms with E-state index in [9.17, 15) is 0 Å². The first-order chi connectivity index (χ1) is 5.79. The Morgan fingerprint density at radius 3 is 2.83 bits per heavy atom. The van der Waals surface area contributed by atoms with Crippen LogP contribution in [0.5, 0.6) is 0 Å². The van der Waals surface area contributed by atoms with Crippen molar-refractivity contribution in [2.45, 2.75) is 45.2 Å². The Morgan fingerprint density at radius 1 is 1.50 bits per heavy atom. The Labute approximate surface area is 76.3 Å². The molecule has 0 aromatic carbocycles. The van der Waals surface area contributed by atoms with E-state index in [4.69, 9.17) is 0 Å². The number of likely N-dealkylation sites (tertiary alicyclic amines) is 1. The third-order valence-corrected chi connectivity index (χ3v) is 3.10. The average Bonchev–Trinajstić information content (AvgIpc) is 2.16. The molecule has 1 rings (SSSR count). The number of nitrogens with zero attached hydrogens (tertiary/aromatic N) is 1. The molecular weight excluding hydrogens is 148 g/mol.